The van der Waals surface area contributed by atoms with Crippen LogP contribution in [0.2, 0.25) is 0 Å². The summed E-state index contributed by atoms with van der Waals surface area (Å²) in [5.74, 6) is -9.39. The number of hydrogen-bond donors (Lipinski definition) is 7. The summed E-state index contributed by atoms with van der Waals surface area (Å²) in [5, 5.41) is 30.7. The lowest BCUT2D eigenvalue weighted by Crippen LogP contribution is -2.61. The maximum Gasteiger partial charge on any atom is 0.328 e. The van der Waals surface area contributed by atoms with Gasteiger partial charge in [-0.05, 0) is 31.1 Å². The summed E-state index contributed by atoms with van der Waals surface area (Å²) in [4.78, 5) is 115. The molecule has 0 aromatic rings. The van der Waals surface area contributed by atoms with Gasteiger partial charge in [-0.2, -0.15) is 0 Å². The highest BCUT2D eigenvalue weighted by molar-refractivity contribution is 5.98. The monoisotopic (exact) mass is 712 g/mol. The molecule has 0 unspecified atom stereocenters. The Balaban J connectivity index is 3.24. The molecule has 7 N–H and O–H groups in total. The van der Waals surface area contributed by atoms with Crippen molar-refractivity contribution in [2.45, 2.75) is 123 Å². The van der Waals surface area contributed by atoms with Gasteiger partial charge in [0.05, 0.1) is 20.0 Å². The van der Waals surface area contributed by atoms with E-state index >= 15 is 0 Å². The van der Waals surface area contributed by atoms with Crippen molar-refractivity contribution in [1.29, 1.82) is 0 Å². The van der Waals surface area contributed by atoms with Gasteiger partial charge < -0.3 is 46.4 Å². The Morgan fingerprint density at radius 1 is 0.760 bits per heavy atom. The van der Waals surface area contributed by atoms with Crippen molar-refractivity contribution >= 4 is 53.4 Å². The molecule has 1 aliphatic heterocycles. The van der Waals surface area contributed by atoms with Crippen LogP contribution in [-0.4, -0.2) is 118 Å². The lowest BCUT2D eigenvalue weighted by atomic mass is 9.95. The van der Waals surface area contributed by atoms with E-state index in [2.05, 4.69) is 26.6 Å². The first-order chi connectivity index (χ1) is 23.4. The van der Waals surface area contributed by atoms with Gasteiger partial charge in [-0.25, -0.2) is 4.79 Å². The van der Waals surface area contributed by atoms with Gasteiger partial charge in [0.1, 0.15) is 36.3 Å². The van der Waals surface area contributed by atoms with Crippen molar-refractivity contribution in [3.05, 3.63) is 0 Å². The van der Waals surface area contributed by atoms with Crippen LogP contribution in [0.3, 0.4) is 0 Å². The minimum Gasteiger partial charge on any atom is -0.481 e. The molecule has 50 heavy (non-hydrogen) atoms. The van der Waals surface area contributed by atoms with E-state index in [0.29, 0.717) is 32.1 Å². The molecule has 1 saturated heterocycles. The number of rotatable bonds is 20. The van der Waals surface area contributed by atoms with Crippen LogP contribution < -0.4 is 26.6 Å². The molecule has 1 aliphatic rings. The van der Waals surface area contributed by atoms with Gasteiger partial charge in [-0.15, -0.1) is 0 Å². The lowest BCUT2D eigenvalue weighted by Gasteiger charge is -2.33. The second kappa shape index (κ2) is 20.7. The number of aliphatic carboxylic acids is 2. The number of carboxylic acids is 2. The zero-order chi connectivity index (χ0) is 38.3. The van der Waals surface area contributed by atoms with Crippen molar-refractivity contribution in [1.82, 2.24) is 31.5 Å². The highest BCUT2D eigenvalue weighted by Crippen LogP contribution is 2.21. The zero-order valence-electron chi connectivity index (χ0n) is 29.7. The summed E-state index contributed by atoms with van der Waals surface area (Å²) >= 11 is 0. The number of carbonyl (C=O) groups is 9. The van der Waals surface area contributed by atoms with Gasteiger partial charge in [0.15, 0.2) is 0 Å². The molecule has 7 atom stereocenters. The number of esters is 1. The van der Waals surface area contributed by atoms with E-state index in [1.807, 2.05) is 6.92 Å². The molecule has 0 aromatic carbocycles. The normalized spacial score (nSPS) is 17.6. The molecule has 18 heteroatoms. The van der Waals surface area contributed by atoms with Crippen LogP contribution in [0.5, 0.6) is 0 Å². The third-order valence-electron chi connectivity index (χ3n) is 8.33. The molecular formula is C32H52N6O12. The summed E-state index contributed by atoms with van der Waals surface area (Å²) in [6.07, 6.45) is 0.318. The molecule has 0 radical (unpaired) electrons. The number of amides is 6. The van der Waals surface area contributed by atoms with Crippen LogP contribution in [0, 0.1) is 11.8 Å². The summed E-state index contributed by atoms with van der Waals surface area (Å²) in [6, 6.07) is -7.63. The fourth-order valence-electron chi connectivity index (χ4n) is 5.43. The first-order valence-corrected chi connectivity index (χ1v) is 16.7. The average molecular weight is 713 g/mol. The maximum absolute atomic E-state index is 13.9. The van der Waals surface area contributed by atoms with E-state index in [1.165, 1.54) is 12.0 Å². The molecule has 6 amide bonds. The standard InChI is InChI=1S/C32H52N6O12/c1-8-11-19(32(49)50-7)34-29(46)22-12-10-13-38(22)31(48)25(16(3)4)36-30(47)26(17(5)9-2)37-28(45)21(15-24(42)43)35-27(44)20(14-23(40)41)33-18(6)39/h16-17,19-22,25-26H,8-15H2,1-7H3,(H,33,39)(H,34,46)(H,35,44)(H,36,47)(H,37,45)(H,40,41)(H,42,43)/t17-,19+,20-,21+,22-,25-,26-/m0/s1. The zero-order valence-corrected chi connectivity index (χ0v) is 29.7. The second-order valence-corrected chi connectivity index (χ2v) is 12.7. The number of ether oxygens (including phenoxy) is 1. The fraction of sp³-hybridized carbons (Fsp3) is 0.719. The first-order valence-electron chi connectivity index (χ1n) is 16.7. The smallest absolute Gasteiger partial charge is 0.328 e. The molecule has 1 rings (SSSR count). The van der Waals surface area contributed by atoms with Gasteiger partial charge in [0, 0.05) is 13.5 Å². The van der Waals surface area contributed by atoms with Crippen molar-refractivity contribution in [3.63, 3.8) is 0 Å². The fourth-order valence-corrected chi connectivity index (χ4v) is 5.43. The molecule has 18 nitrogen and oxygen atoms in total. The van der Waals surface area contributed by atoms with Crippen molar-refractivity contribution in [2.75, 3.05) is 13.7 Å². The Morgan fingerprint density at radius 3 is 1.78 bits per heavy atom. The van der Waals surface area contributed by atoms with Crippen molar-refractivity contribution in [3.8, 4) is 0 Å². The highest BCUT2D eigenvalue weighted by atomic mass is 16.5. The number of nitrogens with zero attached hydrogens (tertiary/aromatic N) is 1. The van der Waals surface area contributed by atoms with Gasteiger partial charge in [-0.1, -0.05) is 47.5 Å². The van der Waals surface area contributed by atoms with E-state index in [4.69, 9.17) is 9.84 Å². The minimum atomic E-state index is -1.77. The molecule has 0 aliphatic carbocycles. The van der Waals surface area contributed by atoms with Crippen LogP contribution in [0.4, 0.5) is 0 Å². The molecule has 0 spiro atoms. The summed E-state index contributed by atoms with van der Waals surface area (Å²) < 4.78 is 4.79. The Kier molecular flexibility index (Phi) is 17.9. The van der Waals surface area contributed by atoms with Gasteiger partial charge >= 0.3 is 17.9 Å². The molecule has 0 aromatic heterocycles. The molecule has 1 fully saturated rings. The number of carboxylic acid groups (broad SMARTS) is 2. The highest BCUT2D eigenvalue weighted by Gasteiger charge is 2.41. The van der Waals surface area contributed by atoms with Crippen LogP contribution in [-0.2, 0) is 47.9 Å². The van der Waals surface area contributed by atoms with E-state index in [-0.39, 0.29) is 6.54 Å². The predicted molar refractivity (Wildman–Crippen MR) is 176 cm³/mol. The number of nitrogens with one attached hydrogen (secondary N) is 5. The van der Waals surface area contributed by atoms with Gasteiger partial charge in [0.2, 0.25) is 35.4 Å². The van der Waals surface area contributed by atoms with Crippen LogP contribution in [0.15, 0.2) is 0 Å². The largest absolute Gasteiger partial charge is 0.481 e. The molecule has 1 heterocycles. The van der Waals surface area contributed by atoms with E-state index in [1.54, 1.807) is 27.7 Å². The van der Waals surface area contributed by atoms with E-state index in [9.17, 15) is 48.3 Å². The first kappa shape index (κ1) is 43.3. The van der Waals surface area contributed by atoms with Crippen LogP contribution in [0.25, 0.3) is 0 Å². The topological polar surface area (TPSA) is 267 Å². The Morgan fingerprint density at radius 2 is 1.30 bits per heavy atom. The molecule has 282 valence electrons. The SMILES string of the molecule is CCC[C@@H](NC(=O)[C@@H]1CCCN1C(=O)[C@@H](NC(=O)[C@@H](NC(=O)[C@@H](CC(=O)O)NC(=O)[C@H](CC(=O)O)NC(C)=O)[C@@H](C)CC)C(C)C)C(=O)OC. The summed E-state index contributed by atoms with van der Waals surface area (Å²) in [6.45, 7) is 9.83. The van der Waals surface area contributed by atoms with E-state index < -0.39 is 114 Å². The number of carbonyl (C=O) groups excluding carboxylic acids is 7. The average Bonchev–Trinajstić information content (AvgIpc) is 3.53. The Bertz CT molecular complexity index is 1260. The second-order valence-electron chi connectivity index (χ2n) is 12.7. The van der Waals surface area contributed by atoms with Crippen molar-refractivity contribution < 1.29 is 58.1 Å². The van der Waals surface area contributed by atoms with Crippen molar-refractivity contribution in [2.24, 2.45) is 11.8 Å². The summed E-state index contributed by atoms with van der Waals surface area (Å²) in [5.41, 5.74) is 0. The van der Waals surface area contributed by atoms with Gasteiger partial charge in [0.25, 0.3) is 0 Å². The minimum absolute atomic E-state index is 0.218. The van der Waals surface area contributed by atoms with Crippen LogP contribution >= 0.6 is 0 Å². The third kappa shape index (κ3) is 13.3. The number of hydrogen-bond acceptors (Lipinski definition) is 10. The van der Waals surface area contributed by atoms with Crippen LogP contribution in [0.1, 0.15) is 86.5 Å². The molecule has 0 saturated carbocycles. The Labute approximate surface area is 291 Å². The van der Waals surface area contributed by atoms with Gasteiger partial charge in [-0.3, -0.25) is 38.4 Å². The number of likely N-dealkylation sites (tertiary alicyclic amines) is 1. The summed E-state index contributed by atoms with van der Waals surface area (Å²) in [7, 11) is 1.21. The Hall–Kier alpha value is -4.77. The molecular weight excluding hydrogens is 660 g/mol. The van der Waals surface area contributed by atoms with E-state index in [0.717, 1.165) is 6.92 Å². The molecule has 0 bridgehead atoms. The quantitative estimate of drug-likeness (QED) is 0.0753. The number of methoxy groups -OCH3 is 1. The maximum atomic E-state index is 13.9. The third-order valence-corrected chi connectivity index (χ3v) is 8.33. The predicted octanol–water partition coefficient (Wildman–Crippen LogP) is -0.954. The lowest BCUT2D eigenvalue weighted by molar-refractivity contribution is -0.147.